The van der Waals surface area contributed by atoms with Gasteiger partial charge in [-0.3, -0.25) is 0 Å². The zero-order valence-corrected chi connectivity index (χ0v) is 14.3. The molecule has 1 aliphatic heterocycles. The van der Waals surface area contributed by atoms with Crippen LogP contribution in [0.15, 0.2) is 53.5 Å². The molecule has 7 nitrogen and oxygen atoms in total. The molecule has 0 aliphatic carbocycles. The van der Waals surface area contributed by atoms with Crippen LogP contribution in [0.5, 0.6) is 0 Å². The summed E-state index contributed by atoms with van der Waals surface area (Å²) in [5, 5.41) is 0.816. The van der Waals surface area contributed by atoms with Crippen LogP contribution in [0.25, 0.3) is 22.0 Å². The van der Waals surface area contributed by atoms with Gasteiger partial charge in [0.25, 0.3) is 0 Å². The lowest BCUT2D eigenvalue weighted by atomic mass is 10.0. The molecule has 0 atom stereocenters. The van der Waals surface area contributed by atoms with Crippen LogP contribution in [-0.2, 0) is 4.74 Å². The van der Waals surface area contributed by atoms with Crippen molar-refractivity contribution in [3.8, 4) is 11.1 Å². The molecular weight excluding hydrogens is 328 g/mol. The highest BCUT2D eigenvalue weighted by atomic mass is 16.5. The summed E-state index contributed by atoms with van der Waals surface area (Å²) in [6, 6.07) is 16.2. The number of guanidine groups is 1. The second-order valence-corrected chi connectivity index (χ2v) is 6.08. The Morgan fingerprint density at radius 2 is 1.73 bits per heavy atom. The molecule has 0 radical (unpaired) electrons. The Kier molecular flexibility index (Phi) is 4.37. The fourth-order valence-corrected chi connectivity index (χ4v) is 3.02. The normalized spacial score (nSPS) is 14.4. The van der Waals surface area contributed by atoms with Crippen molar-refractivity contribution in [3.05, 3.63) is 48.5 Å². The smallest absolute Gasteiger partial charge is 0.228 e. The Balaban J connectivity index is 1.85. The van der Waals surface area contributed by atoms with Crippen molar-refractivity contribution in [1.82, 2.24) is 9.97 Å². The molecule has 1 aromatic heterocycles. The van der Waals surface area contributed by atoms with E-state index in [0.717, 1.165) is 35.1 Å². The molecular formula is C19H20N6O. The van der Waals surface area contributed by atoms with Gasteiger partial charge in [-0.05, 0) is 23.3 Å². The number of fused-ring (bicyclic) bond motifs is 1. The van der Waals surface area contributed by atoms with Gasteiger partial charge in [-0.15, -0.1) is 0 Å². The number of hydrogen-bond acceptors (Lipinski definition) is 5. The summed E-state index contributed by atoms with van der Waals surface area (Å²) in [4.78, 5) is 15.6. The highest BCUT2D eigenvalue weighted by Gasteiger charge is 2.17. The first-order chi connectivity index (χ1) is 12.7. The van der Waals surface area contributed by atoms with E-state index in [2.05, 4.69) is 27.0 Å². The number of hydrogen-bond donors (Lipinski definition) is 2. The summed E-state index contributed by atoms with van der Waals surface area (Å²) in [6.07, 6.45) is 0. The molecule has 0 spiro atoms. The zero-order valence-electron chi connectivity index (χ0n) is 14.3. The summed E-state index contributed by atoms with van der Waals surface area (Å²) in [5.41, 5.74) is 14.2. The highest BCUT2D eigenvalue weighted by molar-refractivity contribution is 5.94. The third-order valence-corrected chi connectivity index (χ3v) is 4.30. The van der Waals surface area contributed by atoms with Crippen LogP contribution in [0.2, 0.25) is 0 Å². The monoisotopic (exact) mass is 348 g/mol. The largest absolute Gasteiger partial charge is 0.378 e. The van der Waals surface area contributed by atoms with E-state index < -0.39 is 0 Å². The van der Waals surface area contributed by atoms with Crippen LogP contribution < -0.4 is 16.4 Å². The first-order valence-corrected chi connectivity index (χ1v) is 8.50. The Morgan fingerprint density at radius 3 is 2.46 bits per heavy atom. The number of anilines is 1. The summed E-state index contributed by atoms with van der Waals surface area (Å²) < 4.78 is 5.40. The van der Waals surface area contributed by atoms with Crippen molar-refractivity contribution in [2.24, 2.45) is 16.5 Å². The van der Waals surface area contributed by atoms with Crippen LogP contribution in [-0.4, -0.2) is 42.2 Å². The molecule has 0 bridgehead atoms. The van der Waals surface area contributed by atoms with Gasteiger partial charge < -0.3 is 21.1 Å². The average Bonchev–Trinajstić information content (AvgIpc) is 2.68. The first-order valence-electron chi connectivity index (χ1n) is 8.50. The van der Waals surface area contributed by atoms with Gasteiger partial charge in [0.05, 0.1) is 18.7 Å². The second kappa shape index (κ2) is 6.97. The first kappa shape index (κ1) is 16.3. The number of morpholine rings is 1. The molecule has 1 saturated heterocycles. The van der Waals surface area contributed by atoms with Crippen LogP contribution in [0, 0.1) is 0 Å². The molecule has 132 valence electrons. The van der Waals surface area contributed by atoms with E-state index in [1.807, 2.05) is 36.4 Å². The topological polar surface area (TPSA) is 103 Å². The van der Waals surface area contributed by atoms with Gasteiger partial charge in [-0.1, -0.05) is 36.4 Å². The Labute approximate surface area is 151 Å². The maximum atomic E-state index is 5.63. The molecule has 3 aromatic rings. The van der Waals surface area contributed by atoms with Crippen LogP contribution in [0.3, 0.4) is 0 Å². The molecule has 7 heteroatoms. The number of rotatable bonds is 3. The second-order valence-electron chi connectivity index (χ2n) is 6.08. The lowest BCUT2D eigenvalue weighted by Crippen LogP contribution is -2.37. The maximum Gasteiger partial charge on any atom is 0.228 e. The fraction of sp³-hybridized carbons (Fsp3) is 0.211. The van der Waals surface area contributed by atoms with E-state index in [1.165, 1.54) is 0 Å². The Hall–Kier alpha value is -3.19. The molecule has 1 fully saturated rings. The predicted octanol–water partition coefficient (Wildman–Crippen LogP) is 2.04. The third-order valence-electron chi connectivity index (χ3n) is 4.30. The molecule has 0 unspecified atom stereocenters. The van der Waals surface area contributed by atoms with Gasteiger partial charge in [-0.2, -0.15) is 9.98 Å². The molecule has 0 amide bonds. The molecule has 4 N–H and O–H groups in total. The minimum Gasteiger partial charge on any atom is -0.378 e. The number of benzene rings is 2. The molecule has 0 saturated carbocycles. The van der Waals surface area contributed by atoms with Crippen molar-refractivity contribution in [3.63, 3.8) is 0 Å². The van der Waals surface area contributed by atoms with E-state index in [0.29, 0.717) is 25.0 Å². The lowest BCUT2D eigenvalue weighted by molar-refractivity contribution is 0.122. The van der Waals surface area contributed by atoms with Crippen molar-refractivity contribution in [2.45, 2.75) is 0 Å². The Bertz CT molecular complexity index is 947. The molecule has 1 aliphatic rings. The van der Waals surface area contributed by atoms with Crippen molar-refractivity contribution in [1.29, 1.82) is 0 Å². The Morgan fingerprint density at radius 1 is 0.962 bits per heavy atom. The van der Waals surface area contributed by atoms with Gasteiger partial charge in [0, 0.05) is 18.5 Å². The summed E-state index contributed by atoms with van der Waals surface area (Å²) in [6.45, 7) is 2.81. The van der Waals surface area contributed by atoms with Crippen molar-refractivity contribution in [2.75, 3.05) is 31.2 Å². The fourth-order valence-electron chi connectivity index (χ4n) is 3.02. The number of ether oxygens (including phenoxy) is 1. The number of nitrogens with two attached hydrogens (primary N) is 2. The lowest BCUT2D eigenvalue weighted by Gasteiger charge is -2.27. The maximum absolute atomic E-state index is 5.63. The van der Waals surface area contributed by atoms with Crippen molar-refractivity contribution >= 4 is 28.6 Å². The zero-order chi connectivity index (χ0) is 17.9. The van der Waals surface area contributed by atoms with Crippen LogP contribution in [0.4, 0.5) is 11.8 Å². The van der Waals surface area contributed by atoms with Crippen LogP contribution in [0.1, 0.15) is 0 Å². The summed E-state index contributed by atoms with van der Waals surface area (Å²) in [5.74, 6) is 1.07. The van der Waals surface area contributed by atoms with Crippen molar-refractivity contribution < 1.29 is 4.74 Å². The van der Waals surface area contributed by atoms with E-state index in [4.69, 9.17) is 21.2 Å². The minimum absolute atomic E-state index is 0.0250. The number of aliphatic imine (C=N–C) groups is 1. The third kappa shape index (κ3) is 3.29. The number of nitrogens with zero attached hydrogens (tertiary/aromatic N) is 4. The summed E-state index contributed by atoms with van der Waals surface area (Å²) >= 11 is 0. The van der Waals surface area contributed by atoms with Gasteiger partial charge >= 0.3 is 0 Å². The molecule has 26 heavy (non-hydrogen) atoms. The molecule has 2 heterocycles. The minimum atomic E-state index is -0.0250. The van der Waals surface area contributed by atoms with E-state index in [9.17, 15) is 0 Å². The van der Waals surface area contributed by atoms with Gasteiger partial charge in [0.1, 0.15) is 0 Å². The number of aromatic nitrogens is 2. The van der Waals surface area contributed by atoms with Gasteiger partial charge in [0.15, 0.2) is 11.8 Å². The van der Waals surface area contributed by atoms with E-state index in [1.54, 1.807) is 0 Å². The SMILES string of the molecule is NC(N)=Nc1nc(N2CCOCC2)nc2ccc(-c3ccccc3)cc12. The summed E-state index contributed by atoms with van der Waals surface area (Å²) in [7, 11) is 0. The molecule has 2 aromatic carbocycles. The van der Waals surface area contributed by atoms with Gasteiger partial charge in [-0.25, -0.2) is 4.98 Å². The quantitative estimate of drug-likeness (QED) is 0.555. The standard InChI is InChI=1S/C19H20N6O/c20-18(21)23-17-15-12-14(13-4-2-1-3-5-13)6-7-16(15)22-19(24-17)25-8-10-26-11-9-25/h1-7,12H,8-11H2,(H4,20,21,22,23,24). The van der Waals surface area contributed by atoms with E-state index in [-0.39, 0.29) is 5.96 Å². The van der Waals surface area contributed by atoms with Gasteiger partial charge in [0.2, 0.25) is 5.95 Å². The molecule has 4 rings (SSSR count). The van der Waals surface area contributed by atoms with Crippen LogP contribution >= 0.6 is 0 Å². The average molecular weight is 348 g/mol. The van der Waals surface area contributed by atoms with E-state index >= 15 is 0 Å². The predicted molar refractivity (Wildman–Crippen MR) is 103 cm³/mol. The highest BCUT2D eigenvalue weighted by Crippen LogP contribution is 2.30.